The summed E-state index contributed by atoms with van der Waals surface area (Å²) in [4.78, 5) is 19.7. The van der Waals surface area contributed by atoms with Gasteiger partial charge in [0.25, 0.3) is 0 Å². The van der Waals surface area contributed by atoms with Crippen LogP contribution in [0.1, 0.15) is 27.3 Å². The molecular weight excluding hydrogens is 298 g/mol. The first-order valence-electron chi connectivity index (χ1n) is 7.84. The molecule has 1 aromatic carbocycles. The first-order chi connectivity index (χ1) is 11.7. The Labute approximate surface area is 141 Å². The molecule has 0 aliphatic rings. The fraction of sp³-hybridized carbons (Fsp3) is 0.150. The lowest BCUT2D eigenvalue weighted by atomic mass is 9.82. The molecule has 0 saturated heterocycles. The number of rotatable bonds is 6. The maximum absolute atomic E-state index is 10.9. The lowest BCUT2D eigenvalue weighted by Gasteiger charge is -2.30. The van der Waals surface area contributed by atoms with E-state index in [0.29, 0.717) is 18.4 Å². The summed E-state index contributed by atoms with van der Waals surface area (Å²) in [6.45, 7) is 0. The molecular formula is C20H19N3O. The lowest BCUT2D eigenvalue weighted by Crippen LogP contribution is -2.41. The van der Waals surface area contributed by atoms with E-state index in [1.54, 1.807) is 24.5 Å². The topological polar surface area (TPSA) is 68.9 Å². The van der Waals surface area contributed by atoms with Gasteiger partial charge in [-0.15, -0.1) is 0 Å². The van der Waals surface area contributed by atoms with E-state index < -0.39 is 5.54 Å². The van der Waals surface area contributed by atoms with Crippen LogP contribution in [-0.4, -0.2) is 16.3 Å². The second-order valence-electron chi connectivity index (χ2n) is 5.89. The third-order valence-corrected chi connectivity index (χ3v) is 4.07. The fourth-order valence-corrected chi connectivity index (χ4v) is 2.81. The minimum Gasteiger partial charge on any atom is -0.321 e. The molecule has 0 unspecified atom stereocenters. The molecule has 4 heteroatoms. The van der Waals surface area contributed by atoms with Crippen LogP contribution in [0.2, 0.25) is 0 Å². The molecule has 0 bridgehead atoms. The molecule has 0 aliphatic carbocycles. The van der Waals surface area contributed by atoms with Crippen molar-refractivity contribution in [3.63, 3.8) is 0 Å². The summed E-state index contributed by atoms with van der Waals surface area (Å²) in [5.74, 6) is 0. The molecule has 2 heterocycles. The van der Waals surface area contributed by atoms with E-state index in [9.17, 15) is 4.79 Å². The Kier molecular flexibility index (Phi) is 4.77. The molecule has 24 heavy (non-hydrogen) atoms. The van der Waals surface area contributed by atoms with E-state index in [1.165, 1.54) is 0 Å². The molecule has 2 N–H and O–H groups in total. The minimum atomic E-state index is -0.649. The summed E-state index contributed by atoms with van der Waals surface area (Å²) >= 11 is 0. The van der Waals surface area contributed by atoms with Gasteiger partial charge in [0.2, 0.25) is 0 Å². The second kappa shape index (κ2) is 7.15. The highest BCUT2D eigenvalue weighted by molar-refractivity contribution is 5.74. The summed E-state index contributed by atoms with van der Waals surface area (Å²) in [6.07, 6.45) is 5.55. The van der Waals surface area contributed by atoms with Gasteiger partial charge >= 0.3 is 0 Å². The van der Waals surface area contributed by atoms with Crippen molar-refractivity contribution in [2.24, 2.45) is 5.73 Å². The van der Waals surface area contributed by atoms with Gasteiger partial charge in [-0.1, -0.05) is 36.4 Å². The van der Waals surface area contributed by atoms with Gasteiger partial charge in [0, 0.05) is 42.2 Å². The number of nitrogens with two attached hydrogens (primary N) is 1. The smallest absolute Gasteiger partial charge is 0.150 e. The maximum Gasteiger partial charge on any atom is 0.150 e. The quantitative estimate of drug-likeness (QED) is 0.710. The van der Waals surface area contributed by atoms with Crippen LogP contribution in [0, 0.1) is 0 Å². The number of hydrogen-bond acceptors (Lipinski definition) is 4. The molecule has 0 saturated carbocycles. The van der Waals surface area contributed by atoms with Crippen molar-refractivity contribution < 1.29 is 4.79 Å². The Morgan fingerprint density at radius 3 is 1.79 bits per heavy atom. The number of hydrogen-bond donors (Lipinski definition) is 1. The van der Waals surface area contributed by atoms with E-state index in [1.807, 2.05) is 48.5 Å². The molecule has 0 amide bonds. The van der Waals surface area contributed by atoms with Gasteiger partial charge in [0.1, 0.15) is 6.29 Å². The summed E-state index contributed by atoms with van der Waals surface area (Å²) in [7, 11) is 0. The fourth-order valence-electron chi connectivity index (χ4n) is 2.81. The number of benzene rings is 1. The van der Waals surface area contributed by atoms with Crippen LogP contribution in [0.3, 0.4) is 0 Å². The monoisotopic (exact) mass is 317 g/mol. The van der Waals surface area contributed by atoms with Crippen LogP contribution in [0.25, 0.3) is 0 Å². The summed E-state index contributed by atoms with van der Waals surface area (Å²) in [6, 6.07) is 19.0. The Bertz CT molecular complexity index is 745. The van der Waals surface area contributed by atoms with Gasteiger partial charge in [0.05, 0.1) is 5.54 Å². The predicted octanol–water partition coefficient (Wildman–Crippen LogP) is 2.93. The summed E-state index contributed by atoms with van der Waals surface area (Å²) in [5, 5.41) is 0. The number of aromatic nitrogens is 2. The Morgan fingerprint density at radius 2 is 1.38 bits per heavy atom. The number of carbonyl (C=O) groups excluding carboxylic acids is 1. The number of aldehydes is 1. The normalized spacial score (nSPS) is 11.2. The minimum absolute atomic E-state index is 0.588. The number of nitrogens with zero attached hydrogens (tertiary/aromatic N) is 2. The molecule has 0 radical (unpaired) electrons. The average Bonchev–Trinajstić information content (AvgIpc) is 2.63. The molecule has 0 fully saturated rings. The lowest BCUT2D eigenvalue weighted by molar-refractivity contribution is 0.112. The van der Waals surface area contributed by atoms with E-state index in [2.05, 4.69) is 9.97 Å². The first kappa shape index (κ1) is 16.0. The molecule has 0 spiro atoms. The Hall–Kier alpha value is -2.85. The van der Waals surface area contributed by atoms with Gasteiger partial charge in [-0.2, -0.15) is 0 Å². The SMILES string of the molecule is NC(Cc1ccccn1)(Cc1ccccn1)c1ccc(C=O)cc1. The average molecular weight is 317 g/mol. The molecule has 2 aromatic heterocycles. The van der Waals surface area contributed by atoms with Gasteiger partial charge in [-0.3, -0.25) is 14.8 Å². The third kappa shape index (κ3) is 3.73. The molecule has 3 rings (SSSR count). The first-order valence-corrected chi connectivity index (χ1v) is 7.84. The highest BCUT2D eigenvalue weighted by atomic mass is 16.1. The van der Waals surface area contributed by atoms with E-state index in [0.717, 1.165) is 23.2 Å². The standard InChI is InChI=1S/C20H19N3O/c21-20(13-18-5-1-3-11-22-18,14-19-6-2-4-12-23-19)17-9-7-16(15-24)8-10-17/h1-12,15H,13-14,21H2. The van der Waals surface area contributed by atoms with E-state index >= 15 is 0 Å². The summed E-state index contributed by atoms with van der Waals surface area (Å²) in [5.41, 5.74) is 9.61. The zero-order valence-corrected chi connectivity index (χ0v) is 13.3. The van der Waals surface area contributed by atoms with Gasteiger partial charge in [-0.05, 0) is 29.8 Å². The van der Waals surface area contributed by atoms with Crippen molar-refractivity contribution in [1.29, 1.82) is 0 Å². The van der Waals surface area contributed by atoms with E-state index in [4.69, 9.17) is 5.73 Å². The third-order valence-electron chi connectivity index (χ3n) is 4.07. The maximum atomic E-state index is 10.9. The Balaban J connectivity index is 1.96. The number of carbonyl (C=O) groups is 1. The van der Waals surface area contributed by atoms with Crippen molar-refractivity contribution in [2.75, 3.05) is 0 Å². The van der Waals surface area contributed by atoms with Crippen LogP contribution in [0.5, 0.6) is 0 Å². The van der Waals surface area contributed by atoms with Crippen LogP contribution in [-0.2, 0) is 18.4 Å². The van der Waals surface area contributed by atoms with Crippen molar-refractivity contribution in [3.8, 4) is 0 Å². The van der Waals surface area contributed by atoms with Crippen molar-refractivity contribution in [1.82, 2.24) is 9.97 Å². The van der Waals surface area contributed by atoms with Crippen LogP contribution in [0.15, 0.2) is 73.1 Å². The Morgan fingerprint density at radius 1 is 0.833 bits per heavy atom. The van der Waals surface area contributed by atoms with Gasteiger partial charge in [0.15, 0.2) is 0 Å². The highest BCUT2D eigenvalue weighted by Gasteiger charge is 2.29. The van der Waals surface area contributed by atoms with Crippen LogP contribution in [0.4, 0.5) is 0 Å². The zero-order chi connectivity index (χ0) is 16.8. The number of pyridine rings is 2. The van der Waals surface area contributed by atoms with Crippen molar-refractivity contribution in [2.45, 2.75) is 18.4 Å². The van der Waals surface area contributed by atoms with Crippen molar-refractivity contribution in [3.05, 3.63) is 95.6 Å². The zero-order valence-electron chi connectivity index (χ0n) is 13.3. The molecule has 4 nitrogen and oxygen atoms in total. The molecule has 120 valence electrons. The van der Waals surface area contributed by atoms with Gasteiger partial charge < -0.3 is 5.73 Å². The molecule has 0 atom stereocenters. The van der Waals surface area contributed by atoms with E-state index in [-0.39, 0.29) is 0 Å². The predicted molar refractivity (Wildman–Crippen MR) is 93.6 cm³/mol. The molecule has 0 aliphatic heterocycles. The highest BCUT2D eigenvalue weighted by Crippen LogP contribution is 2.26. The molecule has 3 aromatic rings. The van der Waals surface area contributed by atoms with Crippen LogP contribution < -0.4 is 5.73 Å². The van der Waals surface area contributed by atoms with Crippen LogP contribution >= 0.6 is 0 Å². The second-order valence-corrected chi connectivity index (χ2v) is 5.89. The summed E-state index contributed by atoms with van der Waals surface area (Å²) < 4.78 is 0. The van der Waals surface area contributed by atoms with Gasteiger partial charge in [-0.25, -0.2) is 0 Å². The van der Waals surface area contributed by atoms with Crippen molar-refractivity contribution >= 4 is 6.29 Å². The largest absolute Gasteiger partial charge is 0.321 e.